The van der Waals surface area contributed by atoms with Crippen LogP contribution >= 0.6 is 11.3 Å². The summed E-state index contributed by atoms with van der Waals surface area (Å²) >= 11 is 1.24. The number of halogens is 1. The van der Waals surface area contributed by atoms with Gasteiger partial charge in [-0.2, -0.15) is 0 Å². The van der Waals surface area contributed by atoms with Gasteiger partial charge in [-0.25, -0.2) is 19.6 Å². The van der Waals surface area contributed by atoms with E-state index in [2.05, 4.69) is 15.8 Å². The standard InChI is InChI=1S/C17H21FN4O4S/c1-3-26-21-16(23)14-11-27-15(19-14)10-22(8-9-25-2)17(24)20-13-7-5-4-6-12(13)18/h4-7,11H,3,8-10H2,1-2H3,(H,20,24)(H,21,23). The van der Waals surface area contributed by atoms with E-state index in [0.717, 1.165) is 0 Å². The number of thiazole rings is 1. The van der Waals surface area contributed by atoms with Crippen LogP contribution in [0.25, 0.3) is 0 Å². The van der Waals surface area contributed by atoms with Gasteiger partial charge in [-0.15, -0.1) is 11.3 Å². The van der Waals surface area contributed by atoms with E-state index in [0.29, 0.717) is 18.2 Å². The third-order valence-corrected chi connectivity index (χ3v) is 4.22. The first-order chi connectivity index (χ1) is 13.0. The molecule has 146 valence electrons. The normalized spacial score (nSPS) is 10.5. The highest BCUT2D eigenvalue weighted by Gasteiger charge is 2.18. The molecule has 1 heterocycles. The van der Waals surface area contributed by atoms with Crippen LogP contribution in [0.1, 0.15) is 22.4 Å². The highest BCUT2D eigenvalue weighted by Crippen LogP contribution is 2.16. The lowest BCUT2D eigenvalue weighted by Crippen LogP contribution is -2.37. The summed E-state index contributed by atoms with van der Waals surface area (Å²) < 4.78 is 18.8. The molecule has 0 unspecified atom stereocenters. The Morgan fingerprint density at radius 2 is 2.11 bits per heavy atom. The summed E-state index contributed by atoms with van der Waals surface area (Å²) in [5, 5.41) is 4.66. The Morgan fingerprint density at radius 3 is 2.81 bits per heavy atom. The minimum absolute atomic E-state index is 0.0841. The molecule has 27 heavy (non-hydrogen) atoms. The number of benzene rings is 1. The first-order valence-corrected chi connectivity index (χ1v) is 9.09. The van der Waals surface area contributed by atoms with Gasteiger partial charge in [0.25, 0.3) is 5.91 Å². The minimum Gasteiger partial charge on any atom is -0.383 e. The zero-order valence-electron chi connectivity index (χ0n) is 15.0. The number of hydroxylamine groups is 1. The molecule has 2 rings (SSSR count). The van der Waals surface area contributed by atoms with Crippen molar-refractivity contribution in [1.82, 2.24) is 15.4 Å². The number of anilines is 1. The number of nitrogens with zero attached hydrogens (tertiary/aromatic N) is 2. The number of urea groups is 1. The molecular weight excluding hydrogens is 375 g/mol. The molecule has 0 fully saturated rings. The Hall–Kier alpha value is -2.56. The van der Waals surface area contributed by atoms with Gasteiger partial charge in [-0.05, 0) is 19.1 Å². The maximum atomic E-state index is 13.8. The quantitative estimate of drug-likeness (QED) is 0.636. The van der Waals surface area contributed by atoms with E-state index in [4.69, 9.17) is 9.57 Å². The fraction of sp³-hybridized carbons (Fsp3) is 0.353. The highest BCUT2D eigenvalue weighted by atomic mass is 32.1. The number of nitrogens with one attached hydrogen (secondary N) is 2. The lowest BCUT2D eigenvalue weighted by Gasteiger charge is -2.22. The summed E-state index contributed by atoms with van der Waals surface area (Å²) in [6.07, 6.45) is 0. The Kier molecular flexibility index (Phi) is 8.11. The van der Waals surface area contributed by atoms with Crippen LogP contribution < -0.4 is 10.8 Å². The molecule has 0 aliphatic heterocycles. The van der Waals surface area contributed by atoms with Gasteiger partial charge < -0.3 is 15.0 Å². The van der Waals surface area contributed by atoms with E-state index >= 15 is 0 Å². The smallest absolute Gasteiger partial charge is 0.322 e. The number of carbonyl (C=O) groups is 2. The number of rotatable bonds is 9. The number of hydrogen-bond donors (Lipinski definition) is 2. The van der Waals surface area contributed by atoms with E-state index in [1.807, 2.05) is 0 Å². The number of methoxy groups -OCH3 is 1. The number of aromatic nitrogens is 1. The lowest BCUT2D eigenvalue weighted by molar-refractivity contribution is 0.0360. The van der Waals surface area contributed by atoms with Gasteiger partial charge in [0.15, 0.2) is 0 Å². The van der Waals surface area contributed by atoms with Crippen molar-refractivity contribution in [1.29, 1.82) is 0 Å². The van der Waals surface area contributed by atoms with Gasteiger partial charge in [0.1, 0.15) is 16.5 Å². The molecule has 3 amide bonds. The molecule has 0 saturated heterocycles. The van der Waals surface area contributed by atoms with E-state index in [1.54, 1.807) is 18.4 Å². The van der Waals surface area contributed by atoms with Gasteiger partial charge in [0.05, 0.1) is 25.4 Å². The molecule has 8 nitrogen and oxygen atoms in total. The van der Waals surface area contributed by atoms with Gasteiger partial charge in [-0.1, -0.05) is 12.1 Å². The van der Waals surface area contributed by atoms with E-state index in [-0.39, 0.29) is 24.5 Å². The van der Waals surface area contributed by atoms with Crippen molar-refractivity contribution in [2.45, 2.75) is 13.5 Å². The molecule has 2 aromatic rings. The van der Waals surface area contributed by atoms with Crippen molar-refractivity contribution < 1.29 is 23.6 Å². The van der Waals surface area contributed by atoms with Crippen molar-refractivity contribution in [3.05, 3.63) is 46.2 Å². The summed E-state index contributed by atoms with van der Waals surface area (Å²) in [7, 11) is 1.52. The fourth-order valence-corrected chi connectivity index (χ4v) is 2.84. The van der Waals surface area contributed by atoms with Crippen molar-refractivity contribution in [2.75, 3.05) is 32.2 Å². The summed E-state index contributed by atoms with van der Waals surface area (Å²) in [6, 6.07) is 5.41. The number of amides is 3. The third-order valence-electron chi connectivity index (χ3n) is 3.39. The van der Waals surface area contributed by atoms with Crippen molar-refractivity contribution in [3.63, 3.8) is 0 Å². The molecule has 0 aliphatic carbocycles. The van der Waals surface area contributed by atoms with Crippen LogP contribution in [0.5, 0.6) is 0 Å². The molecule has 0 aliphatic rings. The van der Waals surface area contributed by atoms with Crippen molar-refractivity contribution in [3.8, 4) is 0 Å². The Morgan fingerprint density at radius 1 is 1.33 bits per heavy atom. The molecule has 2 N–H and O–H groups in total. The summed E-state index contributed by atoms with van der Waals surface area (Å²) in [5.74, 6) is -0.986. The Labute approximate surface area is 160 Å². The molecule has 1 aromatic carbocycles. The third kappa shape index (κ3) is 6.27. The summed E-state index contributed by atoms with van der Waals surface area (Å²) in [5.41, 5.74) is 2.54. The molecule has 0 spiro atoms. The molecule has 0 atom stereocenters. The Bertz CT molecular complexity index is 771. The van der Waals surface area contributed by atoms with Crippen LogP contribution in [0.3, 0.4) is 0 Å². The first-order valence-electron chi connectivity index (χ1n) is 8.21. The van der Waals surface area contributed by atoms with Gasteiger partial charge >= 0.3 is 6.03 Å². The van der Waals surface area contributed by atoms with Crippen LogP contribution in [0, 0.1) is 5.82 Å². The van der Waals surface area contributed by atoms with Crippen molar-refractivity contribution in [2.24, 2.45) is 0 Å². The molecule has 0 bridgehead atoms. The fourth-order valence-electron chi connectivity index (χ4n) is 2.05. The van der Waals surface area contributed by atoms with E-state index < -0.39 is 17.8 Å². The average molecular weight is 396 g/mol. The second kappa shape index (κ2) is 10.6. The second-order valence-electron chi connectivity index (χ2n) is 5.32. The number of para-hydroxylation sites is 1. The van der Waals surface area contributed by atoms with E-state index in [9.17, 15) is 14.0 Å². The molecule has 1 aromatic heterocycles. The monoisotopic (exact) mass is 396 g/mol. The zero-order chi connectivity index (χ0) is 19.6. The average Bonchev–Trinajstić information content (AvgIpc) is 3.13. The largest absolute Gasteiger partial charge is 0.383 e. The molecule has 0 saturated carbocycles. The SMILES string of the molecule is CCONC(=O)c1csc(CN(CCOC)C(=O)Nc2ccccc2F)n1. The van der Waals surface area contributed by atoms with Crippen LogP contribution in [-0.2, 0) is 16.1 Å². The van der Waals surface area contributed by atoms with Crippen LogP contribution in [0.4, 0.5) is 14.9 Å². The zero-order valence-corrected chi connectivity index (χ0v) is 15.8. The van der Waals surface area contributed by atoms with Gasteiger partial charge in [0, 0.05) is 19.0 Å². The number of ether oxygens (including phenoxy) is 1. The predicted octanol–water partition coefficient (Wildman–Crippen LogP) is 2.64. The topological polar surface area (TPSA) is 92.8 Å². The number of hydrogen-bond acceptors (Lipinski definition) is 6. The summed E-state index contributed by atoms with van der Waals surface area (Å²) in [6.45, 7) is 2.80. The maximum absolute atomic E-state index is 13.8. The molecule has 0 radical (unpaired) electrons. The summed E-state index contributed by atoms with van der Waals surface area (Å²) in [4.78, 5) is 34.9. The maximum Gasteiger partial charge on any atom is 0.322 e. The van der Waals surface area contributed by atoms with E-state index in [1.165, 1.54) is 41.5 Å². The highest BCUT2D eigenvalue weighted by molar-refractivity contribution is 7.09. The molecule has 10 heteroatoms. The Balaban J connectivity index is 2.05. The van der Waals surface area contributed by atoms with Crippen LogP contribution in [0.2, 0.25) is 0 Å². The first kappa shape index (κ1) is 20.7. The number of carbonyl (C=O) groups excluding carboxylic acids is 2. The van der Waals surface area contributed by atoms with Crippen LogP contribution in [-0.4, -0.2) is 48.7 Å². The minimum atomic E-state index is -0.526. The van der Waals surface area contributed by atoms with Crippen LogP contribution in [0.15, 0.2) is 29.6 Å². The molecular formula is C17H21FN4O4S. The van der Waals surface area contributed by atoms with Gasteiger partial charge in [0.2, 0.25) is 0 Å². The van der Waals surface area contributed by atoms with Crippen molar-refractivity contribution >= 4 is 29.0 Å². The second-order valence-corrected chi connectivity index (χ2v) is 6.26. The predicted molar refractivity (Wildman–Crippen MR) is 98.9 cm³/mol. The van der Waals surface area contributed by atoms with Gasteiger partial charge in [-0.3, -0.25) is 9.63 Å². The lowest BCUT2D eigenvalue weighted by atomic mass is 10.3.